The number of rotatable bonds is 5. The number of thiocarbonyl (C=S) groups is 1. The van der Waals surface area contributed by atoms with Gasteiger partial charge in [0.15, 0.2) is 0 Å². The Balaban J connectivity index is 1.99. The molecule has 5 nitrogen and oxygen atoms in total. The fraction of sp³-hybridized carbons (Fsp3) is 0.412. The smallest absolute Gasteiger partial charge is 0.269 e. The minimum atomic E-state index is -0.195. The number of aromatic nitrogens is 2. The SMILES string of the molecule is COc1ccc(OCC(OC(=S)n2ccnc2)C(C)(C)C)cc1. The van der Waals surface area contributed by atoms with Gasteiger partial charge in [-0.05, 0) is 36.5 Å². The Bertz CT molecular complexity index is 618. The third-order valence-corrected chi connectivity index (χ3v) is 3.69. The summed E-state index contributed by atoms with van der Waals surface area (Å²) in [5.74, 6) is 1.56. The van der Waals surface area contributed by atoms with Gasteiger partial charge < -0.3 is 14.2 Å². The molecule has 23 heavy (non-hydrogen) atoms. The molecule has 1 unspecified atom stereocenters. The molecule has 0 fully saturated rings. The lowest BCUT2D eigenvalue weighted by Crippen LogP contribution is -2.37. The van der Waals surface area contributed by atoms with E-state index in [2.05, 4.69) is 25.8 Å². The summed E-state index contributed by atoms with van der Waals surface area (Å²) in [5.41, 5.74) is -0.128. The van der Waals surface area contributed by atoms with Crippen molar-refractivity contribution in [2.75, 3.05) is 13.7 Å². The molecule has 0 bridgehead atoms. The molecule has 0 aliphatic rings. The fourth-order valence-corrected chi connectivity index (χ4v) is 2.08. The van der Waals surface area contributed by atoms with E-state index in [1.807, 2.05) is 24.3 Å². The molecular formula is C17H22N2O3S. The first kappa shape index (κ1) is 17.3. The zero-order chi connectivity index (χ0) is 16.9. The number of imidazole rings is 1. The second-order valence-electron chi connectivity index (χ2n) is 6.19. The average molecular weight is 334 g/mol. The van der Waals surface area contributed by atoms with Crippen molar-refractivity contribution in [2.45, 2.75) is 26.9 Å². The van der Waals surface area contributed by atoms with Gasteiger partial charge >= 0.3 is 0 Å². The Morgan fingerprint density at radius 3 is 2.39 bits per heavy atom. The van der Waals surface area contributed by atoms with Gasteiger partial charge in [-0.25, -0.2) is 4.98 Å². The maximum absolute atomic E-state index is 5.93. The molecule has 0 radical (unpaired) electrons. The van der Waals surface area contributed by atoms with E-state index < -0.39 is 0 Å². The van der Waals surface area contributed by atoms with Gasteiger partial charge in [0.05, 0.1) is 7.11 Å². The van der Waals surface area contributed by atoms with Crippen LogP contribution in [-0.4, -0.2) is 34.5 Å². The van der Waals surface area contributed by atoms with E-state index in [1.165, 1.54) is 0 Å². The summed E-state index contributed by atoms with van der Waals surface area (Å²) >= 11 is 5.31. The fourth-order valence-electron chi connectivity index (χ4n) is 1.85. The van der Waals surface area contributed by atoms with E-state index >= 15 is 0 Å². The highest BCUT2D eigenvalue weighted by atomic mass is 32.1. The van der Waals surface area contributed by atoms with Crippen LogP contribution in [0.4, 0.5) is 0 Å². The van der Waals surface area contributed by atoms with Crippen LogP contribution in [0, 0.1) is 5.41 Å². The zero-order valence-corrected chi connectivity index (χ0v) is 14.7. The van der Waals surface area contributed by atoms with Gasteiger partial charge in [-0.2, -0.15) is 0 Å². The van der Waals surface area contributed by atoms with Crippen LogP contribution in [0.1, 0.15) is 20.8 Å². The van der Waals surface area contributed by atoms with Gasteiger partial charge in [0.1, 0.15) is 30.5 Å². The molecule has 1 heterocycles. The molecule has 0 spiro atoms. The second kappa shape index (κ2) is 7.46. The van der Waals surface area contributed by atoms with Crippen molar-refractivity contribution >= 4 is 17.4 Å². The standard InChI is InChI=1S/C17H22N2O3S/c1-17(2,3)15(22-16(23)19-10-9-18-12-19)11-21-14-7-5-13(20-4)6-8-14/h5-10,12,15H,11H2,1-4H3. The van der Waals surface area contributed by atoms with Gasteiger partial charge in [0.25, 0.3) is 5.17 Å². The maximum atomic E-state index is 5.93. The van der Waals surface area contributed by atoms with Crippen LogP contribution in [0.25, 0.3) is 0 Å². The van der Waals surface area contributed by atoms with Crippen LogP contribution >= 0.6 is 12.2 Å². The molecule has 0 amide bonds. The van der Waals surface area contributed by atoms with Crippen molar-refractivity contribution in [3.63, 3.8) is 0 Å². The van der Waals surface area contributed by atoms with E-state index in [1.54, 1.807) is 30.4 Å². The first-order valence-corrected chi connectivity index (χ1v) is 7.77. The predicted octanol–water partition coefficient (Wildman–Crippen LogP) is 3.54. The lowest BCUT2D eigenvalue weighted by Gasteiger charge is -2.31. The number of hydrogen-bond acceptors (Lipinski definition) is 5. The molecular weight excluding hydrogens is 312 g/mol. The molecule has 1 atom stereocenters. The highest BCUT2D eigenvalue weighted by molar-refractivity contribution is 7.80. The minimum absolute atomic E-state index is 0.128. The van der Waals surface area contributed by atoms with Gasteiger partial charge in [0, 0.05) is 17.8 Å². The molecule has 2 aromatic rings. The molecule has 1 aromatic carbocycles. The van der Waals surface area contributed by atoms with Crippen LogP contribution in [0.3, 0.4) is 0 Å². The van der Waals surface area contributed by atoms with Crippen molar-refractivity contribution in [1.82, 2.24) is 9.55 Å². The second-order valence-corrected chi connectivity index (χ2v) is 6.54. The Labute approximate surface area is 142 Å². The number of methoxy groups -OCH3 is 1. The maximum Gasteiger partial charge on any atom is 0.269 e. The predicted molar refractivity (Wildman–Crippen MR) is 93.0 cm³/mol. The number of ether oxygens (including phenoxy) is 3. The lowest BCUT2D eigenvalue weighted by molar-refractivity contribution is 0.0321. The summed E-state index contributed by atoms with van der Waals surface area (Å²) in [7, 11) is 1.64. The number of benzene rings is 1. The molecule has 0 aliphatic carbocycles. The molecule has 0 saturated carbocycles. The monoisotopic (exact) mass is 334 g/mol. The normalized spacial score (nSPS) is 12.5. The van der Waals surface area contributed by atoms with Crippen LogP contribution in [0.5, 0.6) is 11.5 Å². The van der Waals surface area contributed by atoms with E-state index in [0.717, 1.165) is 11.5 Å². The summed E-state index contributed by atoms with van der Waals surface area (Å²) < 4.78 is 18.6. The Morgan fingerprint density at radius 1 is 1.22 bits per heavy atom. The molecule has 0 aliphatic heterocycles. The van der Waals surface area contributed by atoms with Crippen LogP contribution in [0.2, 0.25) is 0 Å². The quantitative estimate of drug-likeness (QED) is 0.783. The van der Waals surface area contributed by atoms with Crippen molar-refractivity contribution in [1.29, 1.82) is 0 Å². The largest absolute Gasteiger partial charge is 0.497 e. The number of nitrogens with zero attached hydrogens (tertiary/aromatic N) is 2. The number of hydrogen-bond donors (Lipinski definition) is 0. The summed E-state index contributed by atoms with van der Waals surface area (Å²) in [6.45, 7) is 6.66. The van der Waals surface area contributed by atoms with Crippen LogP contribution < -0.4 is 9.47 Å². The third kappa shape index (κ3) is 4.96. The van der Waals surface area contributed by atoms with E-state index in [0.29, 0.717) is 11.8 Å². The first-order chi connectivity index (χ1) is 10.9. The van der Waals surface area contributed by atoms with Crippen molar-refractivity contribution in [3.8, 4) is 11.5 Å². The van der Waals surface area contributed by atoms with Crippen molar-refractivity contribution in [2.24, 2.45) is 5.41 Å². The van der Waals surface area contributed by atoms with Gasteiger partial charge in [0.2, 0.25) is 0 Å². The van der Waals surface area contributed by atoms with Gasteiger partial charge in [-0.3, -0.25) is 4.57 Å². The minimum Gasteiger partial charge on any atom is -0.497 e. The highest BCUT2D eigenvalue weighted by Crippen LogP contribution is 2.25. The Morgan fingerprint density at radius 2 is 1.87 bits per heavy atom. The summed E-state index contributed by atoms with van der Waals surface area (Å²) in [6, 6.07) is 7.45. The molecule has 124 valence electrons. The van der Waals surface area contributed by atoms with Crippen molar-refractivity contribution in [3.05, 3.63) is 43.0 Å². The lowest BCUT2D eigenvalue weighted by atomic mass is 9.89. The van der Waals surface area contributed by atoms with E-state index in [9.17, 15) is 0 Å². The summed E-state index contributed by atoms with van der Waals surface area (Å²) in [4.78, 5) is 3.97. The van der Waals surface area contributed by atoms with E-state index in [4.69, 9.17) is 26.4 Å². The third-order valence-electron chi connectivity index (χ3n) is 3.39. The van der Waals surface area contributed by atoms with Crippen LogP contribution in [0.15, 0.2) is 43.0 Å². The molecule has 0 saturated heterocycles. The molecule has 2 rings (SSSR count). The topological polar surface area (TPSA) is 45.5 Å². The van der Waals surface area contributed by atoms with Crippen molar-refractivity contribution < 1.29 is 14.2 Å². The molecule has 0 N–H and O–H groups in total. The first-order valence-electron chi connectivity index (χ1n) is 7.36. The Kier molecular flexibility index (Phi) is 5.60. The summed E-state index contributed by atoms with van der Waals surface area (Å²) in [6.07, 6.45) is 4.84. The van der Waals surface area contributed by atoms with E-state index in [-0.39, 0.29) is 11.5 Å². The Hall–Kier alpha value is -2.08. The van der Waals surface area contributed by atoms with Crippen LogP contribution in [-0.2, 0) is 4.74 Å². The molecule has 1 aromatic heterocycles. The zero-order valence-electron chi connectivity index (χ0n) is 13.9. The van der Waals surface area contributed by atoms with Gasteiger partial charge in [-0.1, -0.05) is 20.8 Å². The summed E-state index contributed by atoms with van der Waals surface area (Å²) in [5, 5.41) is 0.362. The average Bonchev–Trinajstić information content (AvgIpc) is 3.05. The van der Waals surface area contributed by atoms with Gasteiger partial charge in [-0.15, -0.1) is 0 Å². The molecule has 6 heteroatoms. The highest BCUT2D eigenvalue weighted by Gasteiger charge is 2.28.